The van der Waals surface area contributed by atoms with E-state index in [2.05, 4.69) is 17.3 Å². The van der Waals surface area contributed by atoms with Crippen LogP contribution < -0.4 is 0 Å². The van der Waals surface area contributed by atoms with Crippen LogP contribution in [0.25, 0.3) is 11.3 Å². The minimum Gasteiger partial charge on any atom is -0.475 e. The first-order valence-corrected chi connectivity index (χ1v) is 6.54. The average Bonchev–Trinajstić information content (AvgIpc) is 3.03. The van der Waals surface area contributed by atoms with E-state index in [4.69, 9.17) is 9.63 Å². The first kappa shape index (κ1) is 12.0. The minimum atomic E-state index is -1.06. The van der Waals surface area contributed by atoms with Gasteiger partial charge in [0.1, 0.15) is 5.69 Å². The molecule has 4 heteroatoms. The van der Waals surface area contributed by atoms with Crippen molar-refractivity contribution in [2.24, 2.45) is 0 Å². The van der Waals surface area contributed by atoms with Crippen molar-refractivity contribution in [3.63, 3.8) is 0 Å². The molecule has 0 aliphatic heterocycles. The Kier molecular flexibility index (Phi) is 2.85. The summed E-state index contributed by atoms with van der Waals surface area (Å²) < 4.78 is 4.97. The van der Waals surface area contributed by atoms with E-state index in [0.717, 1.165) is 18.4 Å². The number of nitrogens with zero attached hydrogens (tertiary/aromatic N) is 1. The van der Waals surface area contributed by atoms with Gasteiger partial charge in [-0.1, -0.05) is 24.2 Å². The van der Waals surface area contributed by atoms with Crippen LogP contribution in [0.5, 0.6) is 0 Å². The Morgan fingerprint density at radius 3 is 2.89 bits per heavy atom. The molecule has 1 aromatic heterocycles. The summed E-state index contributed by atoms with van der Waals surface area (Å²) in [5.74, 6) is -1.10. The van der Waals surface area contributed by atoms with Gasteiger partial charge in [0, 0.05) is 11.1 Å². The summed E-state index contributed by atoms with van der Waals surface area (Å²) in [5, 5.41) is 13.0. The van der Waals surface area contributed by atoms with Crippen molar-refractivity contribution in [3.05, 3.63) is 40.6 Å². The number of carboxylic acid groups (broad SMARTS) is 1. The summed E-state index contributed by atoms with van der Waals surface area (Å²) in [6, 6.07) is 6.24. The molecule has 0 atom stereocenters. The molecule has 0 amide bonds. The molecule has 1 aliphatic carbocycles. The zero-order valence-electron chi connectivity index (χ0n) is 10.8. The lowest BCUT2D eigenvalue weighted by molar-refractivity contribution is 0.0650. The number of aryl methyl sites for hydroxylation is 2. The summed E-state index contributed by atoms with van der Waals surface area (Å²) in [6.45, 7) is 1.91. The van der Waals surface area contributed by atoms with Gasteiger partial charge < -0.3 is 9.63 Å². The van der Waals surface area contributed by atoms with E-state index in [0.29, 0.717) is 17.7 Å². The lowest BCUT2D eigenvalue weighted by Gasteiger charge is -2.03. The Balaban J connectivity index is 2.09. The third-order valence-corrected chi connectivity index (χ3v) is 3.71. The first-order chi connectivity index (χ1) is 9.20. The molecule has 1 aromatic carbocycles. The van der Waals surface area contributed by atoms with E-state index in [1.54, 1.807) is 0 Å². The Hall–Kier alpha value is -2.10. The van der Waals surface area contributed by atoms with Crippen LogP contribution in [0.1, 0.15) is 40.6 Å². The van der Waals surface area contributed by atoms with Gasteiger partial charge in [0.2, 0.25) is 5.76 Å². The zero-order valence-corrected chi connectivity index (χ0v) is 10.8. The number of aromatic nitrogens is 1. The summed E-state index contributed by atoms with van der Waals surface area (Å²) in [6.07, 6.45) is 4.01. The van der Waals surface area contributed by atoms with Crippen molar-refractivity contribution in [2.45, 2.75) is 32.6 Å². The first-order valence-electron chi connectivity index (χ1n) is 6.54. The lowest BCUT2D eigenvalue weighted by atomic mass is 10.00. The summed E-state index contributed by atoms with van der Waals surface area (Å²) in [7, 11) is 0. The molecule has 2 aromatic rings. The second-order valence-electron chi connectivity index (χ2n) is 4.83. The summed E-state index contributed by atoms with van der Waals surface area (Å²) in [4.78, 5) is 11.1. The van der Waals surface area contributed by atoms with E-state index in [-0.39, 0.29) is 5.76 Å². The fraction of sp³-hybridized carbons (Fsp3) is 0.333. The van der Waals surface area contributed by atoms with Crippen LogP contribution in [-0.4, -0.2) is 16.2 Å². The number of fused-ring (bicyclic) bond motifs is 1. The molecule has 98 valence electrons. The van der Waals surface area contributed by atoms with Crippen LogP contribution in [0.2, 0.25) is 0 Å². The molecule has 0 saturated heterocycles. The van der Waals surface area contributed by atoms with E-state index in [9.17, 15) is 4.79 Å². The van der Waals surface area contributed by atoms with E-state index < -0.39 is 5.97 Å². The van der Waals surface area contributed by atoms with Crippen LogP contribution in [0.4, 0.5) is 0 Å². The fourth-order valence-electron chi connectivity index (χ4n) is 2.75. The van der Waals surface area contributed by atoms with Crippen LogP contribution in [-0.2, 0) is 19.3 Å². The molecular formula is C15H15NO3. The lowest BCUT2D eigenvalue weighted by Crippen LogP contribution is -1.98. The van der Waals surface area contributed by atoms with Gasteiger partial charge in [0.25, 0.3) is 0 Å². The Bertz CT molecular complexity index is 643. The maximum atomic E-state index is 11.1. The number of hydrogen-bond donors (Lipinski definition) is 1. The van der Waals surface area contributed by atoms with Gasteiger partial charge in [-0.25, -0.2) is 4.79 Å². The highest BCUT2D eigenvalue weighted by Crippen LogP contribution is 2.30. The Labute approximate surface area is 111 Å². The molecule has 1 N–H and O–H groups in total. The quantitative estimate of drug-likeness (QED) is 0.917. The number of rotatable bonds is 3. The SMILES string of the molecule is CCc1c(-c2ccc3c(c2)CCC3)noc1C(=O)O. The predicted octanol–water partition coefficient (Wildman–Crippen LogP) is 3.09. The van der Waals surface area contributed by atoms with Crippen molar-refractivity contribution in [1.82, 2.24) is 5.16 Å². The average molecular weight is 257 g/mol. The Morgan fingerprint density at radius 1 is 1.37 bits per heavy atom. The van der Waals surface area contributed by atoms with Crippen molar-refractivity contribution in [3.8, 4) is 11.3 Å². The second-order valence-corrected chi connectivity index (χ2v) is 4.83. The summed E-state index contributed by atoms with van der Waals surface area (Å²) >= 11 is 0. The highest BCUT2D eigenvalue weighted by atomic mass is 16.5. The molecule has 4 nitrogen and oxygen atoms in total. The molecule has 1 aliphatic rings. The third-order valence-electron chi connectivity index (χ3n) is 3.71. The summed E-state index contributed by atoms with van der Waals surface area (Å²) in [5.41, 5.74) is 5.02. The van der Waals surface area contributed by atoms with Gasteiger partial charge in [-0.3, -0.25) is 0 Å². The number of benzene rings is 1. The smallest absolute Gasteiger partial charge is 0.375 e. The van der Waals surface area contributed by atoms with Crippen molar-refractivity contribution < 1.29 is 14.4 Å². The monoisotopic (exact) mass is 257 g/mol. The van der Waals surface area contributed by atoms with Crippen LogP contribution in [0.15, 0.2) is 22.7 Å². The topological polar surface area (TPSA) is 63.3 Å². The molecule has 0 saturated carbocycles. The maximum absolute atomic E-state index is 11.1. The van der Waals surface area contributed by atoms with Crippen LogP contribution in [0.3, 0.4) is 0 Å². The predicted molar refractivity (Wildman–Crippen MR) is 70.3 cm³/mol. The number of hydrogen-bond acceptors (Lipinski definition) is 3. The van der Waals surface area contributed by atoms with Crippen molar-refractivity contribution >= 4 is 5.97 Å². The fourth-order valence-corrected chi connectivity index (χ4v) is 2.75. The molecule has 3 rings (SSSR count). The minimum absolute atomic E-state index is 0.0435. The highest BCUT2D eigenvalue weighted by molar-refractivity contribution is 5.88. The maximum Gasteiger partial charge on any atom is 0.375 e. The van der Waals surface area contributed by atoms with Crippen LogP contribution in [0, 0.1) is 0 Å². The van der Waals surface area contributed by atoms with Gasteiger partial charge in [-0.2, -0.15) is 0 Å². The molecule has 19 heavy (non-hydrogen) atoms. The number of carboxylic acids is 1. The van der Waals surface area contributed by atoms with Gasteiger partial charge in [-0.15, -0.1) is 0 Å². The van der Waals surface area contributed by atoms with E-state index in [1.165, 1.54) is 17.5 Å². The molecule has 0 spiro atoms. The van der Waals surface area contributed by atoms with Gasteiger partial charge in [-0.05, 0) is 42.9 Å². The second kappa shape index (κ2) is 4.53. The van der Waals surface area contributed by atoms with Gasteiger partial charge >= 0.3 is 5.97 Å². The van der Waals surface area contributed by atoms with Gasteiger partial charge in [0.15, 0.2) is 0 Å². The molecule has 0 unspecified atom stereocenters. The third kappa shape index (κ3) is 1.93. The Morgan fingerprint density at radius 2 is 2.16 bits per heavy atom. The van der Waals surface area contributed by atoms with Gasteiger partial charge in [0.05, 0.1) is 0 Å². The largest absolute Gasteiger partial charge is 0.475 e. The van der Waals surface area contributed by atoms with E-state index >= 15 is 0 Å². The molecular weight excluding hydrogens is 242 g/mol. The molecule has 1 heterocycles. The normalized spacial score (nSPS) is 13.5. The molecule has 0 bridgehead atoms. The molecule has 0 radical (unpaired) electrons. The number of carbonyl (C=O) groups is 1. The van der Waals surface area contributed by atoms with E-state index in [1.807, 2.05) is 13.0 Å². The van der Waals surface area contributed by atoms with Crippen molar-refractivity contribution in [1.29, 1.82) is 0 Å². The number of aromatic carboxylic acids is 1. The van der Waals surface area contributed by atoms with Crippen molar-refractivity contribution in [2.75, 3.05) is 0 Å². The van der Waals surface area contributed by atoms with Crippen LogP contribution >= 0.6 is 0 Å². The zero-order chi connectivity index (χ0) is 13.4. The molecule has 0 fully saturated rings. The standard InChI is InChI=1S/C15H15NO3/c1-2-12-13(16-19-14(12)15(17)18)11-7-6-9-4-3-5-10(9)8-11/h6-8H,2-5H2,1H3,(H,17,18). The highest BCUT2D eigenvalue weighted by Gasteiger charge is 2.22.